The quantitative estimate of drug-likeness (QED) is 0.855. The van der Waals surface area contributed by atoms with Crippen molar-refractivity contribution in [3.63, 3.8) is 0 Å². The zero-order valence-corrected chi connectivity index (χ0v) is 12.0. The lowest BCUT2D eigenvalue weighted by molar-refractivity contribution is 0.222. The molecule has 0 atom stereocenters. The fraction of sp³-hybridized carbons (Fsp3) is 0.571. The number of halogens is 1. The van der Waals surface area contributed by atoms with Gasteiger partial charge in [0.15, 0.2) is 0 Å². The van der Waals surface area contributed by atoms with E-state index in [0.717, 1.165) is 28.9 Å². The molecule has 2 N–H and O–H groups in total. The highest BCUT2D eigenvalue weighted by atomic mass is 35.5. The summed E-state index contributed by atoms with van der Waals surface area (Å²) >= 11 is 6.24. The predicted molar refractivity (Wildman–Crippen MR) is 79.4 cm³/mol. The first kappa shape index (κ1) is 13.5. The molecule has 3 nitrogen and oxygen atoms in total. The van der Waals surface area contributed by atoms with Gasteiger partial charge in [-0.05, 0) is 57.1 Å². The monoisotopic (exact) mass is 267 g/mol. The molecule has 0 unspecified atom stereocenters. The van der Waals surface area contributed by atoms with Crippen LogP contribution in [0, 0.1) is 5.92 Å². The lowest BCUT2D eigenvalue weighted by atomic mass is 9.96. The zero-order chi connectivity index (χ0) is 13.1. The first-order valence-corrected chi connectivity index (χ1v) is 6.89. The minimum atomic E-state index is 0.719. The smallest absolute Gasteiger partial charge is 0.0659 e. The first-order valence-electron chi connectivity index (χ1n) is 6.51. The Labute approximate surface area is 115 Å². The van der Waals surface area contributed by atoms with Gasteiger partial charge in [-0.25, -0.2) is 0 Å². The highest BCUT2D eigenvalue weighted by Crippen LogP contribution is 2.28. The van der Waals surface area contributed by atoms with Crippen molar-refractivity contribution in [3.8, 4) is 0 Å². The fourth-order valence-electron chi connectivity index (χ4n) is 2.56. The molecule has 0 bridgehead atoms. The van der Waals surface area contributed by atoms with Gasteiger partial charge >= 0.3 is 0 Å². The van der Waals surface area contributed by atoms with Crippen LogP contribution < -0.4 is 10.6 Å². The molecule has 1 aromatic rings. The molecule has 1 fully saturated rings. The van der Waals surface area contributed by atoms with Crippen molar-refractivity contribution < 1.29 is 0 Å². The van der Waals surface area contributed by atoms with Crippen molar-refractivity contribution in [1.29, 1.82) is 0 Å². The number of nitrogens with zero attached hydrogens (tertiary/aromatic N) is 2. The first-order chi connectivity index (χ1) is 8.56. The zero-order valence-electron chi connectivity index (χ0n) is 11.2. The number of hydrogen-bond acceptors (Lipinski definition) is 3. The van der Waals surface area contributed by atoms with Gasteiger partial charge in [-0.2, -0.15) is 0 Å². The Kier molecular flexibility index (Phi) is 4.36. The van der Waals surface area contributed by atoms with Gasteiger partial charge in [0.05, 0.1) is 10.7 Å². The average molecular weight is 268 g/mol. The summed E-state index contributed by atoms with van der Waals surface area (Å²) in [4.78, 5) is 4.64. The molecule has 4 heteroatoms. The summed E-state index contributed by atoms with van der Waals surface area (Å²) in [6.07, 6.45) is 2.54. The van der Waals surface area contributed by atoms with Gasteiger partial charge < -0.3 is 15.5 Å². The van der Waals surface area contributed by atoms with Crippen LogP contribution in [0.4, 0.5) is 11.4 Å². The Balaban J connectivity index is 1.97. The maximum Gasteiger partial charge on any atom is 0.0659 e. The molecule has 1 aliphatic heterocycles. The largest absolute Gasteiger partial charge is 0.399 e. The van der Waals surface area contributed by atoms with E-state index in [4.69, 9.17) is 17.3 Å². The van der Waals surface area contributed by atoms with Gasteiger partial charge in [0.1, 0.15) is 0 Å². The van der Waals surface area contributed by atoms with Crippen molar-refractivity contribution in [2.45, 2.75) is 12.8 Å². The van der Waals surface area contributed by atoms with Crippen LogP contribution in [0.5, 0.6) is 0 Å². The summed E-state index contributed by atoms with van der Waals surface area (Å²) in [6, 6.07) is 5.74. The number of nitrogens with two attached hydrogens (primary N) is 1. The molecule has 1 saturated heterocycles. The Hall–Kier alpha value is -0.930. The second-order valence-electron chi connectivity index (χ2n) is 5.34. The summed E-state index contributed by atoms with van der Waals surface area (Å²) in [6.45, 7) is 3.47. The summed E-state index contributed by atoms with van der Waals surface area (Å²) in [7, 11) is 4.30. The topological polar surface area (TPSA) is 32.5 Å². The Morgan fingerprint density at radius 2 is 2.06 bits per heavy atom. The molecule has 0 spiro atoms. The van der Waals surface area contributed by atoms with Crippen molar-refractivity contribution in [2.24, 2.45) is 5.92 Å². The van der Waals surface area contributed by atoms with Crippen molar-refractivity contribution in [2.75, 3.05) is 44.4 Å². The highest BCUT2D eigenvalue weighted by molar-refractivity contribution is 6.33. The SMILES string of the molecule is CN1CCC(CN(C)c2ccc(N)cc2Cl)CC1. The van der Waals surface area contributed by atoms with E-state index in [0.29, 0.717) is 0 Å². The fourth-order valence-corrected chi connectivity index (χ4v) is 2.90. The van der Waals surface area contributed by atoms with Crippen LogP contribution >= 0.6 is 11.6 Å². The van der Waals surface area contributed by atoms with E-state index in [9.17, 15) is 0 Å². The second-order valence-corrected chi connectivity index (χ2v) is 5.75. The number of benzene rings is 1. The molecule has 100 valence electrons. The number of nitrogen functional groups attached to an aromatic ring is 1. The van der Waals surface area contributed by atoms with Gasteiger partial charge in [0.25, 0.3) is 0 Å². The predicted octanol–water partition coefficient (Wildman–Crippen LogP) is 2.70. The van der Waals surface area contributed by atoms with Crippen molar-refractivity contribution >= 4 is 23.0 Å². The van der Waals surface area contributed by atoms with E-state index in [2.05, 4.69) is 23.9 Å². The average Bonchev–Trinajstić information content (AvgIpc) is 2.32. The molecule has 1 aliphatic rings. The van der Waals surface area contributed by atoms with E-state index >= 15 is 0 Å². The molecular formula is C14H22ClN3. The van der Waals surface area contributed by atoms with Crippen LogP contribution in [0.2, 0.25) is 5.02 Å². The molecule has 0 amide bonds. The van der Waals surface area contributed by atoms with Crippen LogP contribution in [-0.4, -0.2) is 38.6 Å². The van der Waals surface area contributed by atoms with Crippen LogP contribution in [-0.2, 0) is 0 Å². The van der Waals surface area contributed by atoms with Crippen LogP contribution in [0.1, 0.15) is 12.8 Å². The summed E-state index contributed by atoms with van der Waals surface area (Å²) in [5.41, 5.74) is 7.51. The summed E-state index contributed by atoms with van der Waals surface area (Å²) in [5, 5.41) is 0.741. The van der Waals surface area contributed by atoms with Gasteiger partial charge in [-0.3, -0.25) is 0 Å². The highest BCUT2D eigenvalue weighted by Gasteiger charge is 2.19. The van der Waals surface area contributed by atoms with E-state index in [-0.39, 0.29) is 0 Å². The third kappa shape index (κ3) is 3.30. The lowest BCUT2D eigenvalue weighted by Crippen LogP contribution is -2.35. The van der Waals surface area contributed by atoms with E-state index in [1.54, 1.807) is 0 Å². The maximum absolute atomic E-state index is 6.24. The maximum atomic E-state index is 6.24. The van der Waals surface area contributed by atoms with Gasteiger partial charge in [-0.1, -0.05) is 11.6 Å². The van der Waals surface area contributed by atoms with E-state index in [1.165, 1.54) is 25.9 Å². The molecule has 18 heavy (non-hydrogen) atoms. The Morgan fingerprint density at radius 3 is 2.67 bits per heavy atom. The molecule has 1 aromatic carbocycles. The standard InChI is InChI=1S/C14H22ClN3/c1-17-7-5-11(6-8-17)10-18(2)14-4-3-12(16)9-13(14)15/h3-4,9,11H,5-8,10,16H2,1-2H3. The molecule has 0 radical (unpaired) electrons. The third-order valence-electron chi connectivity index (χ3n) is 3.75. The van der Waals surface area contributed by atoms with Crippen LogP contribution in [0.15, 0.2) is 18.2 Å². The normalized spacial score (nSPS) is 17.9. The summed E-state index contributed by atoms with van der Waals surface area (Å²) < 4.78 is 0. The minimum Gasteiger partial charge on any atom is -0.399 e. The minimum absolute atomic E-state index is 0.719. The Bertz CT molecular complexity index is 400. The summed E-state index contributed by atoms with van der Waals surface area (Å²) in [5.74, 6) is 0.764. The van der Waals surface area contributed by atoms with Crippen molar-refractivity contribution in [3.05, 3.63) is 23.2 Å². The molecular weight excluding hydrogens is 246 g/mol. The number of piperidine rings is 1. The van der Waals surface area contributed by atoms with Crippen LogP contribution in [0.3, 0.4) is 0 Å². The van der Waals surface area contributed by atoms with Gasteiger partial charge in [-0.15, -0.1) is 0 Å². The third-order valence-corrected chi connectivity index (χ3v) is 4.06. The van der Waals surface area contributed by atoms with Gasteiger partial charge in [0, 0.05) is 19.3 Å². The van der Waals surface area contributed by atoms with Gasteiger partial charge in [0.2, 0.25) is 0 Å². The molecule has 0 aliphatic carbocycles. The van der Waals surface area contributed by atoms with Crippen molar-refractivity contribution in [1.82, 2.24) is 4.90 Å². The molecule has 0 aromatic heterocycles. The number of anilines is 2. The Morgan fingerprint density at radius 1 is 1.39 bits per heavy atom. The second kappa shape index (κ2) is 5.81. The van der Waals surface area contributed by atoms with E-state index in [1.807, 2.05) is 18.2 Å². The number of rotatable bonds is 3. The number of likely N-dealkylation sites (tertiary alicyclic amines) is 1. The molecule has 1 heterocycles. The molecule has 0 saturated carbocycles. The number of hydrogen-bond donors (Lipinski definition) is 1. The lowest BCUT2D eigenvalue weighted by Gasteiger charge is -2.32. The molecule has 2 rings (SSSR count). The van der Waals surface area contributed by atoms with Crippen LogP contribution in [0.25, 0.3) is 0 Å². The van der Waals surface area contributed by atoms with E-state index < -0.39 is 0 Å².